The second-order valence-corrected chi connectivity index (χ2v) is 9.83. The lowest BCUT2D eigenvalue weighted by Crippen LogP contribution is -2.36. The first-order chi connectivity index (χ1) is 18.3. The number of nitrogens with zero attached hydrogens (tertiary/aromatic N) is 1. The van der Waals surface area contributed by atoms with Crippen molar-refractivity contribution < 1.29 is 28.6 Å². The van der Waals surface area contributed by atoms with Gasteiger partial charge >= 0.3 is 0 Å². The highest BCUT2D eigenvalue weighted by molar-refractivity contribution is 8.18. The summed E-state index contributed by atoms with van der Waals surface area (Å²) in [5.74, 6) is 0.328. The lowest BCUT2D eigenvalue weighted by atomic mass is 10.1. The minimum atomic E-state index is -0.565. The lowest BCUT2D eigenvalue weighted by molar-refractivity contribution is -0.127. The van der Waals surface area contributed by atoms with Gasteiger partial charge < -0.3 is 19.5 Å². The minimum Gasteiger partial charge on any atom is -0.495 e. The van der Waals surface area contributed by atoms with Crippen LogP contribution in [0.25, 0.3) is 6.08 Å². The number of halogens is 2. The summed E-state index contributed by atoms with van der Waals surface area (Å²) in [6, 6.07) is 17.2. The van der Waals surface area contributed by atoms with E-state index in [1.807, 2.05) is 12.1 Å². The minimum absolute atomic E-state index is 0.187. The van der Waals surface area contributed by atoms with Gasteiger partial charge in [0.1, 0.15) is 18.9 Å². The van der Waals surface area contributed by atoms with E-state index < -0.39 is 23.6 Å². The summed E-state index contributed by atoms with van der Waals surface area (Å²) in [4.78, 5) is 38.9. The number of thioether (sulfide) groups is 1. The van der Waals surface area contributed by atoms with Gasteiger partial charge in [-0.05, 0) is 71.4 Å². The molecule has 0 unspecified atom stereocenters. The fourth-order valence-corrected chi connectivity index (χ4v) is 4.73. The number of carbonyl (C=O) groups excluding carboxylic acids is 3. The zero-order valence-corrected chi connectivity index (χ0v) is 22.7. The summed E-state index contributed by atoms with van der Waals surface area (Å²) in [5, 5.41) is 3.04. The van der Waals surface area contributed by atoms with E-state index in [9.17, 15) is 14.4 Å². The van der Waals surface area contributed by atoms with Gasteiger partial charge in [0.25, 0.3) is 11.1 Å². The number of anilines is 1. The normalized spacial score (nSPS) is 14.1. The molecule has 0 bridgehead atoms. The van der Waals surface area contributed by atoms with Gasteiger partial charge in [-0.2, -0.15) is 0 Å². The number of imide groups is 1. The Morgan fingerprint density at radius 2 is 1.66 bits per heavy atom. The van der Waals surface area contributed by atoms with E-state index in [4.69, 9.17) is 37.4 Å². The van der Waals surface area contributed by atoms with Crippen molar-refractivity contribution in [1.29, 1.82) is 0 Å². The lowest BCUT2D eigenvalue weighted by Gasteiger charge is -2.13. The van der Waals surface area contributed by atoms with Crippen LogP contribution in [-0.2, 0) is 16.2 Å². The van der Waals surface area contributed by atoms with Crippen molar-refractivity contribution in [3.8, 4) is 17.2 Å². The third-order valence-corrected chi connectivity index (χ3v) is 6.86. The monoisotopic (exact) mass is 572 g/mol. The maximum atomic E-state index is 12.9. The van der Waals surface area contributed by atoms with Crippen molar-refractivity contribution in [3.63, 3.8) is 0 Å². The average molecular weight is 573 g/mol. The third-order valence-electron chi connectivity index (χ3n) is 5.40. The highest BCUT2D eigenvalue weighted by Gasteiger charge is 2.36. The van der Waals surface area contributed by atoms with Crippen LogP contribution >= 0.6 is 35.0 Å². The van der Waals surface area contributed by atoms with Crippen LogP contribution in [0.4, 0.5) is 10.5 Å². The molecule has 1 fully saturated rings. The second-order valence-electron chi connectivity index (χ2n) is 7.99. The number of ether oxygens (including phenoxy) is 3. The van der Waals surface area contributed by atoms with Gasteiger partial charge in [-0.1, -0.05) is 41.4 Å². The van der Waals surface area contributed by atoms with E-state index in [1.165, 1.54) is 20.3 Å². The molecule has 1 aliphatic heterocycles. The van der Waals surface area contributed by atoms with E-state index in [-0.39, 0.29) is 4.91 Å². The molecule has 4 rings (SSSR count). The van der Waals surface area contributed by atoms with Gasteiger partial charge in [0.05, 0.1) is 24.1 Å². The maximum absolute atomic E-state index is 12.9. The van der Waals surface area contributed by atoms with Gasteiger partial charge in [-0.15, -0.1) is 0 Å². The van der Waals surface area contributed by atoms with Crippen molar-refractivity contribution in [2.24, 2.45) is 0 Å². The van der Waals surface area contributed by atoms with Crippen LogP contribution in [0.1, 0.15) is 11.1 Å². The summed E-state index contributed by atoms with van der Waals surface area (Å²) in [5.41, 5.74) is 1.98. The maximum Gasteiger partial charge on any atom is 0.294 e. The van der Waals surface area contributed by atoms with Crippen LogP contribution < -0.4 is 19.5 Å². The molecule has 3 amide bonds. The Morgan fingerprint density at radius 1 is 0.947 bits per heavy atom. The fraction of sp³-hybridized carbons (Fsp3) is 0.148. The van der Waals surface area contributed by atoms with E-state index in [2.05, 4.69) is 5.32 Å². The average Bonchev–Trinajstić information content (AvgIpc) is 3.16. The number of amides is 3. The largest absolute Gasteiger partial charge is 0.495 e. The van der Waals surface area contributed by atoms with Gasteiger partial charge in [-0.3, -0.25) is 19.3 Å². The summed E-state index contributed by atoms with van der Waals surface area (Å²) in [6.07, 6.45) is 1.57. The van der Waals surface area contributed by atoms with Crippen molar-refractivity contribution in [2.75, 3.05) is 26.1 Å². The van der Waals surface area contributed by atoms with Gasteiger partial charge in [-0.25, -0.2) is 0 Å². The van der Waals surface area contributed by atoms with E-state index in [0.29, 0.717) is 45.2 Å². The number of methoxy groups -OCH3 is 2. The smallest absolute Gasteiger partial charge is 0.294 e. The Kier molecular flexibility index (Phi) is 8.83. The first kappa shape index (κ1) is 27.4. The topological polar surface area (TPSA) is 94.2 Å². The molecule has 1 N–H and O–H groups in total. The van der Waals surface area contributed by atoms with Crippen molar-refractivity contribution >= 4 is 63.8 Å². The predicted octanol–water partition coefficient (Wildman–Crippen LogP) is 6.26. The van der Waals surface area contributed by atoms with Crippen molar-refractivity contribution in [1.82, 2.24) is 4.90 Å². The Morgan fingerprint density at radius 3 is 2.34 bits per heavy atom. The highest BCUT2D eigenvalue weighted by Crippen LogP contribution is 2.35. The standard InChI is InChI=1S/C27H22Cl2N2O6S/c1-35-21-10-8-19(13-20(21)29)30-25(32)14-31-26(33)24(38-27(31)34)12-17-5-9-22(23(11-17)36-2)37-15-16-3-6-18(28)7-4-16/h3-13H,14-15H2,1-2H3,(H,30,32)/b24-12+. The number of rotatable bonds is 9. The van der Waals surface area contributed by atoms with Gasteiger partial charge in [0, 0.05) is 10.7 Å². The molecule has 0 radical (unpaired) electrons. The molecule has 11 heteroatoms. The molecular weight excluding hydrogens is 551 g/mol. The Balaban J connectivity index is 1.41. The van der Waals surface area contributed by atoms with Crippen LogP contribution in [0.15, 0.2) is 65.6 Å². The molecule has 8 nitrogen and oxygen atoms in total. The first-order valence-corrected chi connectivity index (χ1v) is 12.8. The molecule has 1 heterocycles. The summed E-state index contributed by atoms with van der Waals surface area (Å²) < 4.78 is 16.4. The fourth-order valence-electron chi connectivity index (χ4n) is 3.51. The quantitative estimate of drug-likeness (QED) is 0.302. The molecule has 3 aromatic carbocycles. The number of hydrogen-bond acceptors (Lipinski definition) is 7. The number of carbonyl (C=O) groups is 3. The molecule has 0 aliphatic carbocycles. The first-order valence-electron chi connectivity index (χ1n) is 11.2. The van der Waals surface area contributed by atoms with Crippen LogP contribution in [-0.4, -0.2) is 42.7 Å². The molecule has 0 saturated carbocycles. The van der Waals surface area contributed by atoms with Gasteiger partial charge in [0.2, 0.25) is 5.91 Å². The Hall–Kier alpha value is -3.66. The molecule has 1 aliphatic rings. The van der Waals surface area contributed by atoms with E-state index in [0.717, 1.165) is 22.2 Å². The van der Waals surface area contributed by atoms with Crippen LogP contribution in [0, 0.1) is 0 Å². The highest BCUT2D eigenvalue weighted by atomic mass is 35.5. The predicted molar refractivity (Wildman–Crippen MR) is 148 cm³/mol. The second kappa shape index (κ2) is 12.3. The third kappa shape index (κ3) is 6.61. The molecule has 196 valence electrons. The van der Waals surface area contributed by atoms with E-state index >= 15 is 0 Å². The number of benzene rings is 3. The molecule has 38 heavy (non-hydrogen) atoms. The number of nitrogens with one attached hydrogen (secondary N) is 1. The molecular formula is C27H22Cl2N2O6S. The molecule has 3 aromatic rings. The van der Waals surface area contributed by atoms with Gasteiger partial charge in [0.15, 0.2) is 11.5 Å². The van der Waals surface area contributed by atoms with Crippen LogP contribution in [0.2, 0.25) is 10.0 Å². The Bertz CT molecular complexity index is 1410. The molecule has 0 aromatic heterocycles. The van der Waals surface area contributed by atoms with Crippen molar-refractivity contribution in [2.45, 2.75) is 6.61 Å². The zero-order valence-electron chi connectivity index (χ0n) is 20.3. The molecule has 1 saturated heterocycles. The van der Waals surface area contributed by atoms with Crippen LogP contribution in [0.3, 0.4) is 0 Å². The number of hydrogen-bond donors (Lipinski definition) is 1. The SMILES string of the molecule is COc1ccc(NC(=O)CN2C(=O)S/C(=C/c3ccc(OCc4ccc(Cl)cc4)c(OC)c3)C2=O)cc1Cl. The molecule has 0 atom stereocenters. The van der Waals surface area contributed by atoms with Crippen molar-refractivity contribution in [3.05, 3.63) is 86.7 Å². The summed E-state index contributed by atoms with van der Waals surface area (Å²) >= 11 is 12.8. The summed E-state index contributed by atoms with van der Waals surface area (Å²) in [7, 11) is 2.99. The summed E-state index contributed by atoms with van der Waals surface area (Å²) in [6.45, 7) is -0.122. The van der Waals surface area contributed by atoms with Crippen LogP contribution in [0.5, 0.6) is 17.2 Å². The molecule has 0 spiro atoms. The zero-order chi connectivity index (χ0) is 27.2. The van der Waals surface area contributed by atoms with E-state index in [1.54, 1.807) is 48.5 Å². The Labute approximate surface area is 233 Å².